The maximum atomic E-state index is 12.5. The van der Waals surface area contributed by atoms with E-state index in [4.69, 9.17) is 23.2 Å². The van der Waals surface area contributed by atoms with Crippen molar-refractivity contribution in [1.29, 1.82) is 0 Å². The summed E-state index contributed by atoms with van der Waals surface area (Å²) in [4.78, 5) is 0. The van der Waals surface area contributed by atoms with E-state index in [0.717, 1.165) is 0 Å². The van der Waals surface area contributed by atoms with E-state index in [2.05, 4.69) is 0 Å². The fourth-order valence-electron chi connectivity index (χ4n) is 0.866. The summed E-state index contributed by atoms with van der Waals surface area (Å²) in [7, 11) is 0. The van der Waals surface area contributed by atoms with Gasteiger partial charge in [0.1, 0.15) is 5.82 Å². The van der Waals surface area contributed by atoms with E-state index in [1.165, 1.54) is 0 Å². The summed E-state index contributed by atoms with van der Waals surface area (Å²) in [6.45, 7) is -5.30. The van der Waals surface area contributed by atoms with Crippen LogP contribution in [-0.2, 0) is 0 Å². The lowest BCUT2D eigenvalue weighted by atomic mass is 9.80. The Bertz CT molecular complexity index is 313. The second kappa shape index (κ2) is 3.38. The van der Waals surface area contributed by atoms with E-state index in [1.54, 1.807) is 0 Å². The van der Waals surface area contributed by atoms with Crippen LogP contribution in [0, 0.1) is 5.82 Å². The summed E-state index contributed by atoms with van der Waals surface area (Å²) in [6.07, 6.45) is 0. The molecule has 7 heteroatoms. The largest absolute Gasteiger partial charge is 0.512 e. The molecule has 0 saturated carbocycles. The maximum absolute atomic E-state index is 12.5. The predicted molar refractivity (Wildman–Crippen MR) is 45.1 cm³/mol. The molecular weight excluding hydrogens is 230 g/mol. The summed E-state index contributed by atoms with van der Waals surface area (Å²) in [5.41, 5.74) is -1.15. The lowest BCUT2D eigenvalue weighted by molar-refractivity contribution is 0.501. The molecule has 0 saturated heterocycles. The molecule has 1 aromatic carbocycles. The Kier molecular flexibility index (Phi) is 2.78. The van der Waals surface area contributed by atoms with E-state index in [1.807, 2.05) is 0 Å². The van der Waals surface area contributed by atoms with Crippen LogP contribution < -0.4 is 5.46 Å². The summed E-state index contributed by atoms with van der Waals surface area (Å²) in [5, 5.41) is -1.42. The Balaban J connectivity index is 3.38. The van der Waals surface area contributed by atoms with Gasteiger partial charge in [0.2, 0.25) is 0 Å². The van der Waals surface area contributed by atoms with Gasteiger partial charge in [0.15, 0.2) is 0 Å². The van der Waals surface area contributed by atoms with Crippen LogP contribution >= 0.6 is 23.2 Å². The van der Waals surface area contributed by atoms with Crippen LogP contribution in [0.2, 0.25) is 10.0 Å². The van der Waals surface area contributed by atoms with Crippen molar-refractivity contribution in [2.45, 2.75) is 0 Å². The molecule has 0 aliphatic heterocycles. The van der Waals surface area contributed by atoms with Crippen LogP contribution in [0.25, 0.3) is 0 Å². The molecule has 0 bridgehead atoms. The lowest BCUT2D eigenvalue weighted by Crippen LogP contribution is -2.36. The third kappa shape index (κ3) is 2.28. The summed E-state index contributed by atoms with van der Waals surface area (Å²) >= 11 is 10.4. The first-order valence-electron chi connectivity index (χ1n) is 3.16. The van der Waals surface area contributed by atoms with Crippen molar-refractivity contribution in [1.82, 2.24) is 0 Å². The lowest BCUT2D eigenvalue weighted by Gasteiger charge is -2.18. The van der Waals surface area contributed by atoms with Crippen molar-refractivity contribution < 1.29 is 17.3 Å². The average molecular weight is 232 g/mol. The van der Waals surface area contributed by atoms with Gasteiger partial charge in [-0.25, -0.2) is 4.39 Å². The van der Waals surface area contributed by atoms with E-state index >= 15 is 0 Å². The van der Waals surface area contributed by atoms with Gasteiger partial charge in [-0.1, -0.05) is 28.7 Å². The van der Waals surface area contributed by atoms with Gasteiger partial charge in [-0.15, -0.1) is 0 Å². The molecule has 0 radical (unpaired) electrons. The van der Waals surface area contributed by atoms with Gasteiger partial charge in [0, 0.05) is 10.0 Å². The van der Waals surface area contributed by atoms with Gasteiger partial charge >= 0.3 is 6.98 Å². The van der Waals surface area contributed by atoms with Gasteiger partial charge < -0.3 is 12.9 Å². The van der Waals surface area contributed by atoms with Gasteiger partial charge in [-0.05, 0) is 12.1 Å². The van der Waals surface area contributed by atoms with Crippen molar-refractivity contribution in [2.24, 2.45) is 0 Å². The molecule has 1 rings (SSSR count). The zero-order valence-corrected chi connectivity index (χ0v) is 7.51. The normalized spacial score (nSPS) is 11.8. The van der Waals surface area contributed by atoms with E-state index in [-0.39, 0.29) is 0 Å². The SMILES string of the molecule is Fc1cc(Cl)c([B-](F)(F)F)c(Cl)c1. The van der Waals surface area contributed by atoms with Crippen molar-refractivity contribution in [3.63, 3.8) is 0 Å². The van der Waals surface area contributed by atoms with Crippen LogP contribution in [-0.4, -0.2) is 6.98 Å². The zero-order valence-electron chi connectivity index (χ0n) is 6.00. The Morgan fingerprint density at radius 2 is 1.38 bits per heavy atom. The number of halogens is 6. The molecule has 1 aromatic rings. The van der Waals surface area contributed by atoms with E-state index in [9.17, 15) is 17.3 Å². The van der Waals surface area contributed by atoms with Crippen LogP contribution in [0.4, 0.5) is 17.3 Å². The smallest absolute Gasteiger partial charge is 0.445 e. The first-order valence-corrected chi connectivity index (χ1v) is 3.92. The highest BCUT2D eigenvalue weighted by molar-refractivity contribution is 6.78. The van der Waals surface area contributed by atoms with Crippen molar-refractivity contribution in [3.05, 3.63) is 28.0 Å². The Morgan fingerprint density at radius 1 is 1.00 bits per heavy atom. The van der Waals surface area contributed by atoms with Crippen molar-refractivity contribution in [3.8, 4) is 0 Å². The molecule has 0 atom stereocenters. The van der Waals surface area contributed by atoms with Crippen molar-refractivity contribution >= 4 is 35.6 Å². The Morgan fingerprint density at radius 3 is 1.69 bits per heavy atom. The maximum Gasteiger partial charge on any atom is 0.512 e. The minimum atomic E-state index is -5.30. The number of hydrogen-bond acceptors (Lipinski definition) is 0. The highest BCUT2D eigenvalue weighted by atomic mass is 35.5. The monoisotopic (exact) mass is 231 g/mol. The highest BCUT2D eigenvalue weighted by Crippen LogP contribution is 2.23. The Labute approximate surface area is 81.5 Å². The average Bonchev–Trinajstić information content (AvgIpc) is 1.78. The fraction of sp³-hybridized carbons (Fsp3) is 0. The highest BCUT2D eigenvalue weighted by Gasteiger charge is 2.31. The van der Waals surface area contributed by atoms with Crippen LogP contribution in [0.3, 0.4) is 0 Å². The molecule has 0 aliphatic carbocycles. The fourth-order valence-corrected chi connectivity index (χ4v) is 1.57. The van der Waals surface area contributed by atoms with Gasteiger partial charge in [-0.2, -0.15) is 0 Å². The molecule has 0 aromatic heterocycles. The summed E-state index contributed by atoms with van der Waals surface area (Å²) in [5.74, 6) is -0.890. The number of rotatable bonds is 1. The van der Waals surface area contributed by atoms with E-state index < -0.39 is 28.3 Å². The third-order valence-corrected chi connectivity index (χ3v) is 2.00. The summed E-state index contributed by atoms with van der Waals surface area (Å²) < 4.78 is 49.1. The minimum absolute atomic E-state index is 0.581. The standard InChI is InChI=1S/C6H2BCl2F4/c8-4-1-3(10)2-5(9)6(4)7(11,12)13/h1-2H/q-1. The zero-order chi connectivity index (χ0) is 10.2. The first kappa shape index (κ1) is 10.7. The predicted octanol–water partition coefficient (Wildman–Crippen LogP) is 3.19. The third-order valence-electron chi connectivity index (χ3n) is 1.37. The molecule has 0 unspecified atom stereocenters. The van der Waals surface area contributed by atoms with Crippen LogP contribution in [0.15, 0.2) is 12.1 Å². The van der Waals surface area contributed by atoms with Gasteiger partial charge in [0.05, 0.1) is 0 Å². The molecule has 0 fully saturated rings. The van der Waals surface area contributed by atoms with Gasteiger partial charge in [0.25, 0.3) is 0 Å². The molecule has 0 spiro atoms. The second-order valence-corrected chi connectivity index (χ2v) is 3.17. The topological polar surface area (TPSA) is 0 Å². The molecular formula is C6H2BCl2F4-. The second-order valence-electron chi connectivity index (χ2n) is 2.36. The molecule has 0 amide bonds. The number of benzene rings is 1. The quantitative estimate of drug-likeness (QED) is 0.515. The Hall–Kier alpha value is -0.415. The van der Waals surface area contributed by atoms with Crippen LogP contribution in [0.1, 0.15) is 0 Å². The van der Waals surface area contributed by atoms with E-state index in [0.29, 0.717) is 12.1 Å². The summed E-state index contributed by atoms with van der Waals surface area (Å²) in [6, 6.07) is 1.16. The minimum Gasteiger partial charge on any atom is -0.445 e. The number of hydrogen-bond donors (Lipinski definition) is 0. The van der Waals surface area contributed by atoms with Crippen molar-refractivity contribution in [2.75, 3.05) is 0 Å². The molecule has 13 heavy (non-hydrogen) atoms. The first-order chi connectivity index (χ1) is 5.82. The van der Waals surface area contributed by atoms with Crippen LogP contribution in [0.5, 0.6) is 0 Å². The molecule has 0 aliphatic rings. The van der Waals surface area contributed by atoms with Gasteiger partial charge in [-0.3, -0.25) is 0 Å². The molecule has 0 N–H and O–H groups in total. The molecule has 0 heterocycles. The molecule has 0 nitrogen and oxygen atoms in total. The molecule has 72 valence electrons.